The van der Waals surface area contributed by atoms with Gasteiger partial charge in [0.1, 0.15) is 0 Å². The number of hydrogen-bond donors (Lipinski definition) is 1. The number of hydrogen-bond acceptors (Lipinski definition) is 4. The molecule has 0 radical (unpaired) electrons. The minimum absolute atomic E-state index is 0.190. The van der Waals surface area contributed by atoms with Gasteiger partial charge in [0.25, 0.3) is 0 Å². The molecule has 3 rings (SSSR count). The first-order valence-electron chi connectivity index (χ1n) is 6.79. The Morgan fingerprint density at radius 1 is 1.56 bits per heavy atom. The van der Waals surface area contributed by atoms with E-state index >= 15 is 0 Å². The van der Waals surface area contributed by atoms with Crippen LogP contribution in [0, 0.1) is 0 Å². The maximum Gasteiger partial charge on any atom is 0.0795 e. The molecule has 0 aromatic carbocycles. The van der Waals surface area contributed by atoms with Gasteiger partial charge in [-0.3, -0.25) is 0 Å². The third-order valence-corrected chi connectivity index (χ3v) is 6.29. The van der Waals surface area contributed by atoms with Gasteiger partial charge in [0.2, 0.25) is 0 Å². The van der Waals surface area contributed by atoms with Crippen molar-refractivity contribution in [3.05, 3.63) is 22.4 Å². The van der Waals surface area contributed by atoms with Gasteiger partial charge < -0.3 is 10.1 Å². The van der Waals surface area contributed by atoms with Crippen LogP contribution in [0.2, 0.25) is 0 Å². The van der Waals surface area contributed by atoms with Crippen LogP contribution in [0.25, 0.3) is 0 Å². The first-order chi connectivity index (χ1) is 8.77. The Labute approximate surface area is 117 Å². The summed E-state index contributed by atoms with van der Waals surface area (Å²) in [6.45, 7) is 3.20. The third-order valence-electron chi connectivity index (χ3n) is 4.02. The third kappa shape index (κ3) is 2.77. The molecule has 3 atom stereocenters. The fourth-order valence-corrected chi connectivity index (χ4v) is 5.13. The molecular weight excluding hydrogens is 262 g/mol. The first-order valence-corrected chi connectivity index (χ1v) is 8.82. The van der Waals surface area contributed by atoms with Crippen LogP contribution in [0.3, 0.4) is 0 Å². The number of thioether (sulfide) groups is 1. The molecule has 0 bridgehead atoms. The monoisotopic (exact) mass is 283 g/mol. The largest absolute Gasteiger partial charge is 0.374 e. The van der Waals surface area contributed by atoms with E-state index in [0.29, 0.717) is 12.1 Å². The molecule has 0 amide bonds. The molecule has 4 heteroatoms. The molecule has 1 aromatic heterocycles. The van der Waals surface area contributed by atoms with E-state index < -0.39 is 0 Å². The van der Waals surface area contributed by atoms with Crippen molar-refractivity contribution < 1.29 is 4.74 Å². The number of thiophene rings is 1. The van der Waals surface area contributed by atoms with Crippen LogP contribution in [-0.2, 0) is 4.74 Å². The van der Waals surface area contributed by atoms with Gasteiger partial charge in [0, 0.05) is 29.3 Å². The quantitative estimate of drug-likeness (QED) is 0.918. The molecule has 1 N–H and O–H groups in total. The molecule has 1 aromatic rings. The van der Waals surface area contributed by atoms with Crippen LogP contribution in [0.1, 0.15) is 37.1 Å². The zero-order chi connectivity index (χ0) is 12.4. The highest BCUT2D eigenvalue weighted by Crippen LogP contribution is 2.38. The fraction of sp³-hybridized carbons (Fsp3) is 0.714. The molecule has 0 aliphatic carbocycles. The van der Waals surface area contributed by atoms with Crippen molar-refractivity contribution >= 4 is 23.1 Å². The van der Waals surface area contributed by atoms with Crippen molar-refractivity contribution in [2.75, 3.05) is 18.1 Å². The lowest BCUT2D eigenvalue weighted by Gasteiger charge is -2.39. The van der Waals surface area contributed by atoms with Crippen molar-refractivity contribution in [3.8, 4) is 0 Å². The van der Waals surface area contributed by atoms with E-state index in [1.807, 2.05) is 23.1 Å². The van der Waals surface area contributed by atoms with Gasteiger partial charge in [-0.2, -0.15) is 11.8 Å². The molecule has 3 heterocycles. The predicted octanol–water partition coefficient (Wildman–Crippen LogP) is 3.45. The summed E-state index contributed by atoms with van der Waals surface area (Å²) in [5, 5.41) is 5.95. The van der Waals surface area contributed by atoms with Gasteiger partial charge in [-0.25, -0.2) is 0 Å². The van der Waals surface area contributed by atoms with Crippen LogP contribution in [0.15, 0.2) is 17.5 Å². The Morgan fingerprint density at radius 2 is 2.50 bits per heavy atom. The second-order valence-corrected chi connectivity index (χ2v) is 7.51. The van der Waals surface area contributed by atoms with Crippen LogP contribution >= 0.6 is 23.1 Å². The minimum Gasteiger partial charge on any atom is -0.374 e. The summed E-state index contributed by atoms with van der Waals surface area (Å²) >= 11 is 3.89. The second kappa shape index (κ2) is 5.53. The lowest BCUT2D eigenvalue weighted by Crippen LogP contribution is -2.47. The molecule has 3 unspecified atom stereocenters. The summed E-state index contributed by atoms with van der Waals surface area (Å²) in [4.78, 5) is 1.44. The molecule has 2 fully saturated rings. The summed E-state index contributed by atoms with van der Waals surface area (Å²) in [7, 11) is 0. The maximum absolute atomic E-state index is 6.07. The lowest BCUT2D eigenvalue weighted by atomic mass is 9.89. The highest BCUT2D eigenvalue weighted by Gasteiger charge is 2.40. The second-order valence-electron chi connectivity index (χ2n) is 5.43. The smallest absolute Gasteiger partial charge is 0.0795 e. The molecule has 2 aliphatic heterocycles. The summed E-state index contributed by atoms with van der Waals surface area (Å²) in [5.41, 5.74) is 0.190. The molecule has 2 saturated heterocycles. The average Bonchev–Trinajstić information content (AvgIpc) is 3.01. The van der Waals surface area contributed by atoms with Gasteiger partial charge in [0.15, 0.2) is 0 Å². The summed E-state index contributed by atoms with van der Waals surface area (Å²) in [6.07, 6.45) is 3.58. The highest BCUT2D eigenvalue weighted by molar-refractivity contribution is 7.99. The molecule has 100 valence electrons. The van der Waals surface area contributed by atoms with Crippen LogP contribution < -0.4 is 5.32 Å². The van der Waals surface area contributed by atoms with Gasteiger partial charge in [-0.15, -0.1) is 11.3 Å². The van der Waals surface area contributed by atoms with Crippen molar-refractivity contribution in [2.24, 2.45) is 0 Å². The number of nitrogens with one attached hydrogen (secondary N) is 1. The van der Waals surface area contributed by atoms with Crippen molar-refractivity contribution in [3.63, 3.8) is 0 Å². The van der Waals surface area contributed by atoms with Gasteiger partial charge in [-0.05, 0) is 43.4 Å². The number of rotatable bonds is 3. The zero-order valence-electron chi connectivity index (χ0n) is 10.9. The average molecular weight is 283 g/mol. The summed E-state index contributed by atoms with van der Waals surface area (Å²) in [5.74, 6) is 2.46. The Kier molecular flexibility index (Phi) is 3.99. The Bertz CT molecular complexity index is 373. The van der Waals surface area contributed by atoms with Crippen molar-refractivity contribution in [2.45, 2.75) is 43.9 Å². The maximum atomic E-state index is 6.07. The SMILES string of the molecule is CC(NC1CCOC2(CCSC2)C1)c1cccs1. The van der Waals surface area contributed by atoms with Crippen LogP contribution in [0.5, 0.6) is 0 Å². The van der Waals surface area contributed by atoms with Gasteiger partial charge in [-0.1, -0.05) is 6.07 Å². The Balaban J connectivity index is 1.59. The summed E-state index contributed by atoms with van der Waals surface area (Å²) in [6, 6.07) is 5.45. The molecular formula is C14H21NOS2. The lowest BCUT2D eigenvalue weighted by molar-refractivity contribution is -0.0711. The zero-order valence-corrected chi connectivity index (χ0v) is 12.5. The minimum atomic E-state index is 0.190. The van der Waals surface area contributed by atoms with E-state index in [-0.39, 0.29) is 5.60 Å². The first kappa shape index (κ1) is 13.0. The Morgan fingerprint density at radius 3 is 3.22 bits per heavy atom. The molecule has 0 saturated carbocycles. The van der Waals surface area contributed by atoms with Crippen molar-refractivity contribution in [1.82, 2.24) is 5.32 Å². The van der Waals surface area contributed by atoms with Crippen LogP contribution in [-0.4, -0.2) is 29.8 Å². The number of ether oxygens (including phenoxy) is 1. The normalized spacial score (nSPS) is 33.9. The molecule has 1 spiro atoms. The van der Waals surface area contributed by atoms with E-state index in [0.717, 1.165) is 13.0 Å². The van der Waals surface area contributed by atoms with E-state index in [9.17, 15) is 0 Å². The van der Waals surface area contributed by atoms with Gasteiger partial charge in [0.05, 0.1) is 5.60 Å². The highest BCUT2D eigenvalue weighted by atomic mass is 32.2. The van der Waals surface area contributed by atoms with E-state index in [1.165, 1.54) is 29.2 Å². The van der Waals surface area contributed by atoms with Crippen LogP contribution in [0.4, 0.5) is 0 Å². The topological polar surface area (TPSA) is 21.3 Å². The Hall–Kier alpha value is -0.0300. The van der Waals surface area contributed by atoms with Crippen molar-refractivity contribution in [1.29, 1.82) is 0 Å². The molecule has 18 heavy (non-hydrogen) atoms. The van der Waals surface area contributed by atoms with E-state index in [4.69, 9.17) is 4.74 Å². The van der Waals surface area contributed by atoms with E-state index in [2.05, 4.69) is 29.8 Å². The molecule has 2 aliphatic rings. The van der Waals surface area contributed by atoms with E-state index in [1.54, 1.807) is 0 Å². The standard InChI is InChI=1S/C14H21NOS2/c1-11(13-3-2-7-18-13)15-12-4-6-16-14(9-12)5-8-17-10-14/h2-3,7,11-12,15H,4-6,8-10H2,1H3. The summed E-state index contributed by atoms with van der Waals surface area (Å²) < 4.78 is 6.07. The fourth-order valence-electron chi connectivity index (χ4n) is 3.01. The predicted molar refractivity (Wildman–Crippen MR) is 79.5 cm³/mol. The van der Waals surface area contributed by atoms with Gasteiger partial charge >= 0.3 is 0 Å². The molecule has 2 nitrogen and oxygen atoms in total.